The first kappa shape index (κ1) is 20.3. The van der Waals surface area contributed by atoms with Gasteiger partial charge in [0.25, 0.3) is 5.56 Å². The van der Waals surface area contributed by atoms with Gasteiger partial charge in [0.15, 0.2) is 0 Å². The van der Waals surface area contributed by atoms with E-state index in [1.165, 1.54) is 17.8 Å². The van der Waals surface area contributed by atoms with Crippen molar-refractivity contribution in [2.45, 2.75) is 45.8 Å². The fourth-order valence-electron chi connectivity index (χ4n) is 2.96. The molecule has 7 nitrogen and oxygen atoms in total. The number of rotatable bonds is 4. The Morgan fingerprint density at radius 3 is 2.50 bits per heavy atom. The topological polar surface area (TPSA) is 82.5 Å². The van der Waals surface area contributed by atoms with Gasteiger partial charge in [-0.1, -0.05) is 12.1 Å². The van der Waals surface area contributed by atoms with Crippen LogP contribution < -0.4 is 10.9 Å². The number of aromatic nitrogens is 2. The van der Waals surface area contributed by atoms with Gasteiger partial charge in [0.1, 0.15) is 0 Å². The van der Waals surface area contributed by atoms with E-state index in [-0.39, 0.29) is 18.0 Å². The summed E-state index contributed by atoms with van der Waals surface area (Å²) in [4.78, 5) is 28.1. The summed E-state index contributed by atoms with van der Waals surface area (Å²) in [6, 6.07) is 5.49. The summed E-state index contributed by atoms with van der Waals surface area (Å²) in [6.45, 7) is 9.67. The maximum Gasteiger partial charge on any atom is 0.492 e. The lowest BCUT2D eigenvalue weighted by atomic mass is 9.77. The highest BCUT2D eigenvalue weighted by Crippen LogP contribution is 2.38. The second kappa shape index (κ2) is 7.18. The molecule has 0 radical (unpaired) electrons. The first-order valence-corrected chi connectivity index (χ1v) is 9.26. The highest BCUT2D eigenvalue weighted by molar-refractivity contribution is 6.56. The molecule has 0 atom stereocenters. The molecule has 0 unspecified atom stereocenters. The van der Waals surface area contributed by atoms with E-state index in [0.717, 1.165) is 11.0 Å². The molecule has 1 saturated heterocycles. The maximum atomic E-state index is 12.4. The van der Waals surface area contributed by atoms with Crippen molar-refractivity contribution in [1.29, 1.82) is 0 Å². The van der Waals surface area contributed by atoms with Crippen molar-refractivity contribution in [3.63, 3.8) is 0 Å². The summed E-state index contributed by atoms with van der Waals surface area (Å²) >= 11 is 0. The Kier molecular flexibility index (Phi) is 5.21. The maximum absolute atomic E-state index is 12.4. The molecule has 1 N–H and O–H groups in total. The molecule has 2 heterocycles. The number of carbonyl (C=O) groups excluding carboxylic acids is 1. The minimum absolute atomic E-state index is 0.112. The Hall–Kier alpha value is -2.45. The SMILES string of the molecule is CC(=O)NCC(=Cc1ccc2ncn(C)c(=O)c2c1)B1OC(C)(C)C(C)(C)O1. The summed E-state index contributed by atoms with van der Waals surface area (Å²) in [5.74, 6) is -0.140. The molecule has 1 aliphatic heterocycles. The predicted octanol–water partition coefficient (Wildman–Crippen LogP) is 2.08. The number of benzene rings is 1. The predicted molar refractivity (Wildman–Crippen MR) is 110 cm³/mol. The van der Waals surface area contributed by atoms with E-state index in [1.807, 2.05) is 45.9 Å². The molecule has 0 saturated carbocycles. The number of amides is 1. The number of aryl methyl sites for hydroxylation is 1. The van der Waals surface area contributed by atoms with Crippen LogP contribution in [0.15, 0.2) is 34.8 Å². The lowest BCUT2D eigenvalue weighted by molar-refractivity contribution is -0.118. The third-order valence-corrected chi connectivity index (χ3v) is 5.39. The van der Waals surface area contributed by atoms with Crippen molar-refractivity contribution < 1.29 is 14.1 Å². The van der Waals surface area contributed by atoms with Crippen LogP contribution in [0.4, 0.5) is 0 Å². The van der Waals surface area contributed by atoms with Crippen molar-refractivity contribution in [2.75, 3.05) is 6.54 Å². The second-order valence-corrected chi connectivity index (χ2v) is 8.15. The molecular formula is C20H26BN3O4. The first-order valence-electron chi connectivity index (χ1n) is 9.26. The van der Waals surface area contributed by atoms with Crippen LogP contribution in [0.25, 0.3) is 17.0 Å². The fraction of sp³-hybridized carbons (Fsp3) is 0.450. The van der Waals surface area contributed by atoms with Gasteiger partial charge in [0.05, 0.1) is 28.4 Å². The van der Waals surface area contributed by atoms with Gasteiger partial charge >= 0.3 is 7.12 Å². The molecule has 8 heteroatoms. The summed E-state index contributed by atoms with van der Waals surface area (Å²) in [5.41, 5.74) is 1.13. The van der Waals surface area contributed by atoms with Gasteiger partial charge in [-0.2, -0.15) is 0 Å². The lowest BCUT2D eigenvalue weighted by Crippen LogP contribution is -2.41. The molecule has 28 heavy (non-hydrogen) atoms. The van der Waals surface area contributed by atoms with Crippen LogP contribution in [0.3, 0.4) is 0 Å². The van der Waals surface area contributed by atoms with Crippen molar-refractivity contribution >= 4 is 30.0 Å². The summed E-state index contributed by atoms with van der Waals surface area (Å²) in [5, 5.41) is 3.34. The van der Waals surface area contributed by atoms with E-state index in [0.29, 0.717) is 10.9 Å². The quantitative estimate of drug-likeness (QED) is 0.818. The van der Waals surface area contributed by atoms with Crippen LogP contribution in [0.2, 0.25) is 0 Å². The lowest BCUT2D eigenvalue weighted by Gasteiger charge is -2.32. The Morgan fingerprint density at radius 2 is 1.89 bits per heavy atom. The third kappa shape index (κ3) is 3.88. The molecule has 1 fully saturated rings. The Labute approximate surface area is 164 Å². The van der Waals surface area contributed by atoms with Crippen molar-refractivity contribution in [3.05, 3.63) is 45.9 Å². The summed E-state index contributed by atoms with van der Waals surface area (Å²) in [7, 11) is 1.08. The van der Waals surface area contributed by atoms with E-state index in [1.54, 1.807) is 13.1 Å². The monoisotopic (exact) mass is 383 g/mol. The molecule has 148 valence electrons. The molecular weight excluding hydrogens is 357 g/mol. The number of hydrogen-bond acceptors (Lipinski definition) is 5. The average molecular weight is 383 g/mol. The highest BCUT2D eigenvalue weighted by Gasteiger charge is 2.52. The van der Waals surface area contributed by atoms with Crippen LogP contribution >= 0.6 is 0 Å². The second-order valence-electron chi connectivity index (χ2n) is 8.15. The molecule has 2 aromatic rings. The number of nitrogens with zero attached hydrogens (tertiary/aromatic N) is 2. The van der Waals surface area contributed by atoms with E-state index in [4.69, 9.17) is 9.31 Å². The molecule has 1 amide bonds. The summed E-state index contributed by atoms with van der Waals surface area (Å²) in [6.07, 6.45) is 3.40. The van der Waals surface area contributed by atoms with E-state index >= 15 is 0 Å². The molecule has 1 aromatic carbocycles. The molecule has 0 bridgehead atoms. The van der Waals surface area contributed by atoms with Crippen molar-refractivity contribution in [3.8, 4) is 0 Å². The van der Waals surface area contributed by atoms with Gasteiger partial charge in [-0.05, 0) is 50.9 Å². The molecule has 0 aliphatic carbocycles. The van der Waals surface area contributed by atoms with Crippen LogP contribution in [0, 0.1) is 0 Å². The van der Waals surface area contributed by atoms with Crippen molar-refractivity contribution in [1.82, 2.24) is 14.9 Å². The van der Waals surface area contributed by atoms with E-state index < -0.39 is 18.3 Å². The van der Waals surface area contributed by atoms with Crippen molar-refractivity contribution in [2.24, 2.45) is 7.05 Å². The molecule has 1 aromatic heterocycles. The zero-order chi connectivity index (χ0) is 20.7. The number of fused-ring (bicyclic) bond motifs is 1. The Balaban J connectivity index is 2.02. The van der Waals surface area contributed by atoms with Gasteiger partial charge in [-0.3, -0.25) is 9.59 Å². The molecule has 3 rings (SSSR count). The van der Waals surface area contributed by atoms with Crippen LogP contribution in [-0.4, -0.2) is 40.3 Å². The van der Waals surface area contributed by atoms with Crippen LogP contribution in [0.5, 0.6) is 0 Å². The van der Waals surface area contributed by atoms with Gasteiger partial charge in [0.2, 0.25) is 5.91 Å². The minimum atomic E-state index is -0.593. The smallest absolute Gasteiger partial charge is 0.400 e. The van der Waals surface area contributed by atoms with Crippen LogP contribution in [-0.2, 0) is 21.2 Å². The zero-order valence-corrected chi connectivity index (χ0v) is 17.2. The molecule has 1 aliphatic rings. The molecule has 0 spiro atoms. The van der Waals surface area contributed by atoms with E-state index in [2.05, 4.69) is 10.3 Å². The van der Waals surface area contributed by atoms with E-state index in [9.17, 15) is 9.59 Å². The van der Waals surface area contributed by atoms with Gasteiger partial charge in [-0.25, -0.2) is 4.98 Å². The zero-order valence-electron chi connectivity index (χ0n) is 17.2. The Morgan fingerprint density at radius 1 is 1.25 bits per heavy atom. The number of hydrogen-bond donors (Lipinski definition) is 1. The average Bonchev–Trinajstić information content (AvgIpc) is 2.82. The normalized spacial score (nSPS) is 18.5. The highest BCUT2D eigenvalue weighted by atomic mass is 16.7. The standard InChI is InChI=1S/C20H26BN3O4/c1-13(25)22-11-15(21-27-19(2,3)20(4,5)28-21)9-14-7-8-17-16(10-14)18(26)24(6)12-23-17/h7-10,12H,11H2,1-6H3,(H,22,25). The first-order chi connectivity index (χ1) is 13.0. The Bertz CT molecular complexity index is 994. The van der Waals surface area contributed by atoms with Crippen LogP contribution in [0.1, 0.15) is 40.2 Å². The largest absolute Gasteiger partial charge is 0.492 e. The van der Waals surface area contributed by atoms with Gasteiger partial charge in [0, 0.05) is 20.5 Å². The number of nitrogens with one attached hydrogen (secondary N) is 1. The number of carbonyl (C=O) groups is 1. The van der Waals surface area contributed by atoms with Gasteiger partial charge < -0.3 is 19.2 Å². The van der Waals surface area contributed by atoms with Gasteiger partial charge in [-0.15, -0.1) is 0 Å². The minimum Gasteiger partial charge on any atom is -0.400 e. The third-order valence-electron chi connectivity index (χ3n) is 5.39. The summed E-state index contributed by atoms with van der Waals surface area (Å²) < 4.78 is 13.7. The fourth-order valence-corrected chi connectivity index (χ4v) is 2.96.